The van der Waals surface area contributed by atoms with Gasteiger partial charge in [-0.25, -0.2) is 4.79 Å². The number of aliphatic hydroxyl groups is 1. The number of para-hydroxylation sites is 1. The Hall–Kier alpha value is -4.35. The highest BCUT2D eigenvalue weighted by atomic mass is 32.2. The van der Waals surface area contributed by atoms with Crippen molar-refractivity contribution >= 4 is 35.5 Å². The van der Waals surface area contributed by atoms with E-state index in [2.05, 4.69) is 10.6 Å². The molecule has 1 heterocycles. The van der Waals surface area contributed by atoms with Gasteiger partial charge in [-0.3, -0.25) is 14.4 Å². The molecular weight excluding hydrogens is 606 g/mol. The van der Waals surface area contributed by atoms with Crippen molar-refractivity contribution < 1.29 is 33.8 Å². The Bertz CT molecular complexity index is 1540. The fraction of sp³-hybridized carbons (Fsp3) is 0.371. The molecule has 4 rings (SSSR count). The molecule has 0 saturated carbocycles. The van der Waals surface area contributed by atoms with E-state index in [4.69, 9.17) is 9.47 Å². The van der Waals surface area contributed by atoms with E-state index in [0.717, 1.165) is 16.7 Å². The Morgan fingerprint density at radius 2 is 1.63 bits per heavy atom. The van der Waals surface area contributed by atoms with Crippen LogP contribution in [0.25, 0.3) is 0 Å². The highest BCUT2D eigenvalue weighted by Gasteiger charge is 2.49. The third-order valence-electron chi connectivity index (χ3n) is 7.93. The minimum Gasteiger partial charge on any atom is -0.483 e. The number of aliphatic hydroxyl groups excluding tert-OH is 1. The van der Waals surface area contributed by atoms with Crippen LogP contribution in [-0.2, 0) is 32.1 Å². The number of amides is 3. The second kappa shape index (κ2) is 15.3. The fourth-order valence-corrected chi connectivity index (χ4v) is 6.63. The van der Waals surface area contributed by atoms with Crippen molar-refractivity contribution in [2.24, 2.45) is 0 Å². The van der Waals surface area contributed by atoms with Crippen molar-refractivity contribution in [1.82, 2.24) is 15.5 Å². The maximum Gasteiger partial charge on any atom is 0.337 e. The molecule has 3 aromatic carbocycles. The number of rotatable bonds is 12. The predicted octanol–water partition coefficient (Wildman–Crippen LogP) is 3.55. The molecule has 0 aliphatic carbocycles. The van der Waals surface area contributed by atoms with Crippen molar-refractivity contribution in [2.45, 2.75) is 63.6 Å². The number of hydrogen-bond acceptors (Lipinski definition) is 8. The number of benzene rings is 3. The number of nitrogens with zero attached hydrogens (tertiary/aromatic N) is 1. The minimum absolute atomic E-state index is 0.124. The van der Waals surface area contributed by atoms with Gasteiger partial charge in [-0.2, -0.15) is 0 Å². The number of methoxy groups -OCH3 is 1. The molecule has 3 aromatic rings. The van der Waals surface area contributed by atoms with Crippen molar-refractivity contribution in [3.63, 3.8) is 0 Å². The van der Waals surface area contributed by atoms with Crippen molar-refractivity contribution in [2.75, 3.05) is 19.6 Å². The summed E-state index contributed by atoms with van der Waals surface area (Å²) in [6.45, 7) is 7.34. The molecule has 3 N–H and O–H groups in total. The van der Waals surface area contributed by atoms with Gasteiger partial charge in [-0.15, -0.1) is 11.8 Å². The van der Waals surface area contributed by atoms with Gasteiger partial charge in [0.2, 0.25) is 5.91 Å². The summed E-state index contributed by atoms with van der Waals surface area (Å²) in [5.41, 5.74) is 3.63. The molecule has 1 saturated heterocycles. The molecule has 11 heteroatoms. The number of carbonyl (C=O) groups is 4. The van der Waals surface area contributed by atoms with Crippen LogP contribution in [0.1, 0.15) is 46.5 Å². The average molecular weight is 648 g/mol. The summed E-state index contributed by atoms with van der Waals surface area (Å²) in [6, 6.07) is 19.8. The number of thioether (sulfide) groups is 1. The summed E-state index contributed by atoms with van der Waals surface area (Å²) in [4.78, 5) is 53.9. The topological polar surface area (TPSA) is 134 Å². The van der Waals surface area contributed by atoms with Gasteiger partial charge in [0.15, 0.2) is 12.7 Å². The molecule has 0 spiro atoms. The molecule has 0 radical (unpaired) electrons. The fourth-order valence-electron chi connectivity index (χ4n) is 5.49. The number of esters is 1. The normalized spacial score (nSPS) is 16.7. The van der Waals surface area contributed by atoms with Gasteiger partial charge < -0.3 is 30.1 Å². The van der Waals surface area contributed by atoms with Gasteiger partial charge in [0.05, 0.1) is 24.6 Å². The molecule has 1 aliphatic heterocycles. The van der Waals surface area contributed by atoms with E-state index in [1.165, 1.54) is 23.8 Å². The SMILES string of the molecule is COC(=O)c1cccc(CNC(=O)[C@H]2N(C(=O)[C@@H](O)[C@H](Cc3ccccc3)NC(=O)COc3c(C)cccc3C)CSC2(C)C)c1. The molecule has 3 amide bonds. The molecule has 0 bridgehead atoms. The van der Waals surface area contributed by atoms with Crippen LogP contribution in [0.2, 0.25) is 0 Å². The number of hydrogen-bond donors (Lipinski definition) is 3. The first-order valence-corrected chi connectivity index (χ1v) is 16.0. The van der Waals surface area contributed by atoms with Crippen LogP contribution in [0.3, 0.4) is 0 Å². The molecule has 0 aromatic heterocycles. The monoisotopic (exact) mass is 647 g/mol. The van der Waals surface area contributed by atoms with Gasteiger partial charge in [-0.05, 0) is 68.5 Å². The molecule has 1 fully saturated rings. The maximum absolute atomic E-state index is 13.9. The Balaban J connectivity index is 1.49. The van der Waals surface area contributed by atoms with Gasteiger partial charge in [0, 0.05) is 11.3 Å². The van der Waals surface area contributed by atoms with Crippen LogP contribution in [0.4, 0.5) is 0 Å². The van der Waals surface area contributed by atoms with Crippen molar-refractivity contribution in [3.05, 3.63) is 101 Å². The summed E-state index contributed by atoms with van der Waals surface area (Å²) >= 11 is 1.42. The van der Waals surface area contributed by atoms with Crippen molar-refractivity contribution in [1.29, 1.82) is 0 Å². The Labute approximate surface area is 273 Å². The maximum atomic E-state index is 13.9. The van der Waals surface area contributed by atoms with E-state index in [1.807, 2.05) is 76.2 Å². The summed E-state index contributed by atoms with van der Waals surface area (Å²) < 4.78 is 9.94. The van der Waals surface area contributed by atoms with E-state index >= 15 is 0 Å². The molecule has 3 atom stereocenters. The van der Waals surface area contributed by atoms with E-state index in [1.54, 1.807) is 24.3 Å². The lowest BCUT2D eigenvalue weighted by molar-refractivity contribution is -0.148. The van der Waals surface area contributed by atoms with E-state index in [0.29, 0.717) is 16.9 Å². The summed E-state index contributed by atoms with van der Waals surface area (Å²) in [5.74, 6) is -1.25. The van der Waals surface area contributed by atoms with Gasteiger partial charge >= 0.3 is 5.97 Å². The van der Waals surface area contributed by atoms with Crippen LogP contribution >= 0.6 is 11.8 Å². The zero-order valence-corrected chi connectivity index (χ0v) is 27.6. The van der Waals surface area contributed by atoms with Gasteiger partial charge in [0.25, 0.3) is 11.8 Å². The standard InChI is InChI=1S/C35H41N3O7S/c1-22-11-9-12-23(2)30(22)45-20-28(39)37-27(18-24-13-7-6-8-14-24)29(40)33(42)38-21-46-35(3,4)31(38)32(41)36-19-25-15-10-16-26(17-25)34(43)44-5/h6-17,27,29,31,40H,18-21H2,1-5H3,(H,36,41)(H,37,39)/t27-,29-,31+/m0/s1. The lowest BCUT2D eigenvalue weighted by Crippen LogP contribution is -2.59. The lowest BCUT2D eigenvalue weighted by atomic mass is 9.97. The predicted molar refractivity (Wildman–Crippen MR) is 176 cm³/mol. The Morgan fingerprint density at radius 1 is 0.978 bits per heavy atom. The quantitative estimate of drug-likeness (QED) is 0.254. The van der Waals surface area contributed by atoms with E-state index < -0.39 is 46.6 Å². The second-order valence-electron chi connectivity index (χ2n) is 11.8. The highest BCUT2D eigenvalue weighted by Crippen LogP contribution is 2.40. The highest BCUT2D eigenvalue weighted by molar-refractivity contribution is 8.00. The third kappa shape index (κ3) is 8.46. The molecule has 46 heavy (non-hydrogen) atoms. The Morgan fingerprint density at radius 3 is 2.30 bits per heavy atom. The first-order chi connectivity index (χ1) is 21.9. The number of nitrogens with one attached hydrogen (secondary N) is 2. The smallest absolute Gasteiger partial charge is 0.337 e. The van der Waals surface area contributed by atoms with Crippen LogP contribution in [-0.4, -0.2) is 76.2 Å². The van der Waals surface area contributed by atoms with Crippen LogP contribution in [0.15, 0.2) is 72.8 Å². The third-order valence-corrected chi connectivity index (χ3v) is 9.30. The molecular formula is C35H41N3O7S. The van der Waals surface area contributed by atoms with Crippen molar-refractivity contribution in [3.8, 4) is 5.75 Å². The van der Waals surface area contributed by atoms with Crippen LogP contribution in [0.5, 0.6) is 5.75 Å². The first kappa shape index (κ1) is 34.5. The first-order valence-electron chi connectivity index (χ1n) is 15.0. The number of ether oxygens (including phenoxy) is 2. The number of carbonyl (C=O) groups excluding carboxylic acids is 4. The molecule has 1 aliphatic rings. The minimum atomic E-state index is -1.63. The van der Waals surface area contributed by atoms with Gasteiger partial charge in [0.1, 0.15) is 11.8 Å². The van der Waals surface area contributed by atoms with Crippen LogP contribution in [0, 0.1) is 13.8 Å². The largest absolute Gasteiger partial charge is 0.483 e. The summed E-state index contributed by atoms with van der Waals surface area (Å²) in [7, 11) is 1.30. The summed E-state index contributed by atoms with van der Waals surface area (Å²) in [5, 5.41) is 17.2. The van der Waals surface area contributed by atoms with Gasteiger partial charge in [-0.1, -0.05) is 60.7 Å². The Kier molecular flexibility index (Phi) is 11.5. The van der Waals surface area contributed by atoms with E-state index in [9.17, 15) is 24.3 Å². The second-order valence-corrected chi connectivity index (χ2v) is 13.4. The van der Waals surface area contributed by atoms with Crippen LogP contribution < -0.4 is 15.4 Å². The lowest BCUT2D eigenvalue weighted by Gasteiger charge is -2.33. The zero-order valence-electron chi connectivity index (χ0n) is 26.7. The van der Waals surface area contributed by atoms with E-state index in [-0.39, 0.29) is 25.4 Å². The zero-order chi connectivity index (χ0) is 33.4. The number of aryl methyl sites for hydroxylation is 2. The molecule has 244 valence electrons. The average Bonchev–Trinajstić information content (AvgIpc) is 3.37. The summed E-state index contributed by atoms with van der Waals surface area (Å²) in [6.07, 6.45) is -1.45. The molecule has 10 nitrogen and oxygen atoms in total. The molecule has 0 unspecified atom stereocenters.